The first kappa shape index (κ1) is 26.7. The van der Waals surface area contributed by atoms with E-state index < -0.39 is 23.9 Å². The van der Waals surface area contributed by atoms with Crippen molar-refractivity contribution in [3.63, 3.8) is 0 Å². The number of aryl methyl sites for hydroxylation is 1. The summed E-state index contributed by atoms with van der Waals surface area (Å²) in [6.45, 7) is 2.05. The van der Waals surface area contributed by atoms with Crippen LogP contribution in [-0.2, 0) is 11.2 Å². The minimum absolute atomic E-state index is 0.0269. The number of rotatable bonds is 12. The summed E-state index contributed by atoms with van der Waals surface area (Å²) < 4.78 is 5.84. The maximum absolute atomic E-state index is 12.5. The predicted molar refractivity (Wildman–Crippen MR) is 139 cm³/mol. The number of nitrogen functional groups attached to an aromatic ring is 1. The summed E-state index contributed by atoms with van der Waals surface area (Å²) in [6, 6.07) is 16.5. The summed E-state index contributed by atoms with van der Waals surface area (Å²) in [5, 5.41) is 32.4. The zero-order valence-electron chi connectivity index (χ0n) is 20.2. The molecule has 0 saturated heterocycles. The molecule has 0 saturated carbocycles. The molecule has 37 heavy (non-hydrogen) atoms. The smallest absolute Gasteiger partial charge is 0.336 e. The van der Waals surface area contributed by atoms with E-state index in [-0.39, 0.29) is 30.1 Å². The molecule has 0 aliphatic carbocycles. The molecule has 0 heterocycles. The van der Waals surface area contributed by atoms with Crippen LogP contribution in [0.1, 0.15) is 50.4 Å². The number of anilines is 1. The van der Waals surface area contributed by atoms with Crippen molar-refractivity contribution in [3.8, 4) is 5.75 Å². The van der Waals surface area contributed by atoms with Crippen molar-refractivity contribution in [2.75, 3.05) is 18.5 Å². The number of carboxylic acid groups (broad SMARTS) is 2. The third-order valence-electron chi connectivity index (χ3n) is 5.59. The Morgan fingerprint density at radius 2 is 1.68 bits per heavy atom. The van der Waals surface area contributed by atoms with E-state index in [1.165, 1.54) is 18.2 Å². The third-order valence-corrected chi connectivity index (χ3v) is 5.59. The monoisotopic (exact) mass is 504 g/mol. The number of amides is 1. The molecule has 1 atom stereocenters. The highest BCUT2D eigenvalue weighted by Crippen LogP contribution is 2.30. The summed E-state index contributed by atoms with van der Waals surface area (Å²) in [5.41, 5.74) is 7.78. The van der Waals surface area contributed by atoms with E-state index >= 15 is 0 Å². The van der Waals surface area contributed by atoms with E-state index in [0.717, 1.165) is 5.56 Å². The number of benzene rings is 3. The average molecular weight is 505 g/mol. The fourth-order valence-electron chi connectivity index (χ4n) is 3.65. The molecular weight excluding hydrogens is 476 g/mol. The molecule has 10 heteroatoms. The molecule has 3 aromatic rings. The number of carboxylic acids is 2. The minimum Gasteiger partial charge on any atom is -0.491 e. The lowest BCUT2D eigenvalue weighted by Crippen LogP contribution is -2.29. The fourth-order valence-corrected chi connectivity index (χ4v) is 3.65. The Bertz CT molecular complexity index is 1310. The summed E-state index contributed by atoms with van der Waals surface area (Å²) in [4.78, 5) is 36.0. The van der Waals surface area contributed by atoms with Crippen LogP contribution >= 0.6 is 0 Å². The second-order valence-electron chi connectivity index (χ2n) is 8.09. The normalized spacial score (nSPS) is 11.3. The van der Waals surface area contributed by atoms with Gasteiger partial charge in [-0.05, 0) is 60.5 Å². The molecule has 0 spiro atoms. The van der Waals surface area contributed by atoms with Crippen LogP contribution in [0.5, 0.6) is 5.75 Å². The summed E-state index contributed by atoms with van der Waals surface area (Å²) in [5.74, 6) is -2.63. The van der Waals surface area contributed by atoms with Gasteiger partial charge in [0.15, 0.2) is 6.04 Å². The number of aliphatic carboxylic acids is 1. The van der Waals surface area contributed by atoms with Gasteiger partial charge in [0.1, 0.15) is 18.2 Å². The molecule has 0 aromatic heterocycles. The van der Waals surface area contributed by atoms with Crippen LogP contribution in [0.25, 0.3) is 0 Å². The van der Waals surface area contributed by atoms with Crippen LogP contribution in [0.15, 0.2) is 66.7 Å². The molecule has 192 valence electrons. The molecule has 3 aromatic carbocycles. The van der Waals surface area contributed by atoms with Crippen LogP contribution in [0.4, 0.5) is 5.69 Å². The highest BCUT2D eigenvalue weighted by Gasteiger charge is 2.24. The Hall–Kier alpha value is -4.86. The Labute approximate surface area is 213 Å². The van der Waals surface area contributed by atoms with Crippen LogP contribution in [0, 0.1) is 5.41 Å². The predicted octanol–water partition coefficient (Wildman–Crippen LogP) is 3.28. The number of carbonyl (C=O) groups excluding carboxylic acids is 1. The molecule has 0 bridgehead atoms. The van der Waals surface area contributed by atoms with Crippen molar-refractivity contribution in [1.29, 1.82) is 5.41 Å². The van der Waals surface area contributed by atoms with Crippen molar-refractivity contribution in [2.45, 2.75) is 19.4 Å². The molecule has 3 rings (SSSR count). The van der Waals surface area contributed by atoms with E-state index in [1.54, 1.807) is 42.5 Å². The van der Waals surface area contributed by atoms with E-state index in [2.05, 4.69) is 10.6 Å². The average Bonchev–Trinajstić information content (AvgIpc) is 2.89. The topological polar surface area (TPSA) is 175 Å². The minimum atomic E-state index is -1.20. The Kier molecular flexibility index (Phi) is 8.82. The summed E-state index contributed by atoms with van der Waals surface area (Å²) in [6.07, 6.45) is 0.686. The van der Waals surface area contributed by atoms with E-state index in [1.807, 2.05) is 13.0 Å². The van der Waals surface area contributed by atoms with E-state index in [0.29, 0.717) is 29.0 Å². The molecule has 10 nitrogen and oxygen atoms in total. The summed E-state index contributed by atoms with van der Waals surface area (Å²) in [7, 11) is 0. The molecular formula is C27H28N4O6. The van der Waals surface area contributed by atoms with Gasteiger partial charge in [0.05, 0.1) is 17.7 Å². The molecule has 0 aliphatic rings. The van der Waals surface area contributed by atoms with Crippen LogP contribution < -0.4 is 21.1 Å². The largest absolute Gasteiger partial charge is 0.491 e. The maximum Gasteiger partial charge on any atom is 0.336 e. The molecule has 0 fully saturated rings. The van der Waals surface area contributed by atoms with Gasteiger partial charge in [0.2, 0.25) is 0 Å². The molecule has 0 radical (unpaired) electrons. The third kappa shape index (κ3) is 6.85. The van der Waals surface area contributed by atoms with E-state index in [9.17, 15) is 24.6 Å². The number of amidine groups is 1. The second kappa shape index (κ2) is 12.2. The van der Waals surface area contributed by atoms with Gasteiger partial charge in [0.25, 0.3) is 5.91 Å². The first-order chi connectivity index (χ1) is 17.7. The van der Waals surface area contributed by atoms with Gasteiger partial charge in [-0.25, -0.2) is 9.59 Å². The van der Waals surface area contributed by atoms with Crippen molar-refractivity contribution >= 4 is 29.4 Å². The number of carbonyl (C=O) groups is 3. The number of nitrogens with two attached hydrogens (primary N) is 1. The van der Waals surface area contributed by atoms with Gasteiger partial charge < -0.3 is 31.3 Å². The van der Waals surface area contributed by atoms with Crippen LogP contribution in [-0.4, -0.2) is 47.0 Å². The van der Waals surface area contributed by atoms with Crippen molar-refractivity contribution < 1.29 is 29.3 Å². The SMILES string of the molecule is CCc1ccc(OCCNC(=O)c2ccccc2C(=O)O)c(C(Nc2ccc(C(=N)N)cc2)C(=O)O)c1. The molecule has 1 unspecified atom stereocenters. The first-order valence-electron chi connectivity index (χ1n) is 11.5. The maximum atomic E-state index is 12.5. The van der Waals surface area contributed by atoms with Crippen molar-refractivity contribution in [1.82, 2.24) is 5.32 Å². The first-order valence-corrected chi connectivity index (χ1v) is 11.5. The summed E-state index contributed by atoms with van der Waals surface area (Å²) >= 11 is 0. The number of nitrogens with one attached hydrogen (secondary N) is 3. The van der Waals surface area contributed by atoms with Crippen LogP contribution in [0.2, 0.25) is 0 Å². The Morgan fingerprint density at radius 3 is 2.27 bits per heavy atom. The fraction of sp³-hybridized carbons (Fsp3) is 0.185. The molecule has 7 N–H and O–H groups in total. The van der Waals surface area contributed by atoms with Gasteiger partial charge in [0, 0.05) is 16.8 Å². The van der Waals surface area contributed by atoms with Crippen molar-refractivity contribution in [3.05, 3.63) is 94.5 Å². The molecule has 1 amide bonds. The molecule has 0 aliphatic heterocycles. The van der Waals surface area contributed by atoms with Gasteiger partial charge in [-0.1, -0.05) is 25.1 Å². The standard InChI is InChI=1S/C27H28N4O6/c1-2-16-7-12-22(37-14-13-30-25(32)19-5-3-4-6-20(19)26(33)34)21(15-16)23(27(35)36)31-18-10-8-17(9-11-18)24(28)29/h3-12,15,23,31H,2,13-14H2,1H3,(H3,28,29)(H,30,32)(H,33,34)(H,35,36). The lowest BCUT2D eigenvalue weighted by atomic mass is 10.0. The number of hydrogen-bond acceptors (Lipinski definition) is 6. The lowest BCUT2D eigenvalue weighted by Gasteiger charge is -2.21. The zero-order chi connectivity index (χ0) is 26.9. The zero-order valence-corrected chi connectivity index (χ0v) is 20.2. The highest BCUT2D eigenvalue weighted by molar-refractivity contribution is 6.04. The number of aromatic carboxylic acids is 1. The Morgan fingerprint density at radius 1 is 1.00 bits per heavy atom. The Balaban J connectivity index is 1.74. The number of ether oxygens (including phenoxy) is 1. The quantitative estimate of drug-likeness (QED) is 0.124. The van der Waals surface area contributed by atoms with Gasteiger partial charge >= 0.3 is 11.9 Å². The second-order valence-corrected chi connectivity index (χ2v) is 8.09. The highest BCUT2D eigenvalue weighted by atomic mass is 16.5. The lowest BCUT2D eigenvalue weighted by molar-refractivity contribution is -0.138. The van der Waals surface area contributed by atoms with Gasteiger partial charge in [-0.2, -0.15) is 0 Å². The van der Waals surface area contributed by atoms with Gasteiger partial charge in [-0.15, -0.1) is 0 Å². The number of hydrogen-bond donors (Lipinski definition) is 6. The van der Waals surface area contributed by atoms with Gasteiger partial charge in [-0.3, -0.25) is 10.2 Å². The van der Waals surface area contributed by atoms with E-state index in [4.69, 9.17) is 15.9 Å². The van der Waals surface area contributed by atoms with Crippen LogP contribution in [0.3, 0.4) is 0 Å². The van der Waals surface area contributed by atoms with Crippen molar-refractivity contribution in [2.24, 2.45) is 5.73 Å².